The molecule has 0 heterocycles. The molecule has 2 atom stereocenters. The van der Waals surface area contributed by atoms with Crippen molar-refractivity contribution in [1.82, 2.24) is 5.32 Å². The summed E-state index contributed by atoms with van der Waals surface area (Å²) in [5.41, 5.74) is 0.966. The Kier molecular flexibility index (Phi) is 5.41. The lowest BCUT2D eigenvalue weighted by molar-refractivity contribution is 0.231. The second-order valence-corrected chi connectivity index (χ2v) is 8.00. The smallest absolute Gasteiger partial charge is 0.238 e. The van der Waals surface area contributed by atoms with Crippen LogP contribution in [0, 0.1) is 11.8 Å². The SMILES string of the molecule is CC(C)C1CCCC(NCc2cccc(S(N)(=O)=O)c2)C1. The molecule has 0 aliphatic heterocycles. The molecule has 1 aliphatic rings. The molecule has 0 bridgehead atoms. The van der Waals surface area contributed by atoms with E-state index in [-0.39, 0.29) is 4.90 Å². The van der Waals surface area contributed by atoms with Crippen LogP contribution in [0.2, 0.25) is 0 Å². The fraction of sp³-hybridized carbons (Fsp3) is 0.625. The molecule has 0 aromatic heterocycles. The molecule has 3 N–H and O–H groups in total. The second-order valence-electron chi connectivity index (χ2n) is 6.44. The Bertz CT molecular complexity index is 569. The maximum absolute atomic E-state index is 11.4. The molecule has 1 aliphatic carbocycles. The van der Waals surface area contributed by atoms with Gasteiger partial charge in [0.25, 0.3) is 0 Å². The van der Waals surface area contributed by atoms with Crippen molar-refractivity contribution in [2.45, 2.75) is 57.0 Å². The molecule has 0 amide bonds. The highest BCUT2D eigenvalue weighted by molar-refractivity contribution is 7.89. The Morgan fingerprint density at radius 3 is 2.76 bits per heavy atom. The summed E-state index contributed by atoms with van der Waals surface area (Å²) in [5, 5.41) is 8.73. The first-order chi connectivity index (χ1) is 9.86. The number of sulfonamides is 1. The molecule has 1 aromatic carbocycles. The van der Waals surface area contributed by atoms with E-state index in [9.17, 15) is 8.42 Å². The van der Waals surface area contributed by atoms with Gasteiger partial charge in [0.05, 0.1) is 4.90 Å². The number of hydrogen-bond donors (Lipinski definition) is 2. The molecule has 2 rings (SSSR count). The van der Waals surface area contributed by atoms with Crippen LogP contribution in [-0.4, -0.2) is 14.5 Å². The molecule has 118 valence electrons. The number of primary sulfonamides is 1. The van der Waals surface area contributed by atoms with Gasteiger partial charge in [-0.1, -0.05) is 38.8 Å². The highest BCUT2D eigenvalue weighted by Crippen LogP contribution is 2.30. The minimum Gasteiger partial charge on any atom is -0.310 e. The van der Waals surface area contributed by atoms with Crippen molar-refractivity contribution in [3.8, 4) is 0 Å². The molecule has 4 nitrogen and oxygen atoms in total. The molecule has 5 heteroatoms. The molecule has 2 unspecified atom stereocenters. The van der Waals surface area contributed by atoms with Gasteiger partial charge in [0.1, 0.15) is 0 Å². The molecule has 1 aromatic rings. The number of rotatable bonds is 5. The van der Waals surface area contributed by atoms with Crippen molar-refractivity contribution in [3.63, 3.8) is 0 Å². The lowest BCUT2D eigenvalue weighted by Crippen LogP contribution is -2.35. The van der Waals surface area contributed by atoms with E-state index >= 15 is 0 Å². The van der Waals surface area contributed by atoms with E-state index in [2.05, 4.69) is 19.2 Å². The summed E-state index contributed by atoms with van der Waals surface area (Å²) in [7, 11) is -3.62. The van der Waals surface area contributed by atoms with Gasteiger partial charge < -0.3 is 5.32 Å². The predicted molar refractivity (Wildman–Crippen MR) is 85.2 cm³/mol. The quantitative estimate of drug-likeness (QED) is 0.878. The Morgan fingerprint density at radius 2 is 2.10 bits per heavy atom. The van der Waals surface area contributed by atoms with Crippen LogP contribution in [0.3, 0.4) is 0 Å². The van der Waals surface area contributed by atoms with Gasteiger partial charge >= 0.3 is 0 Å². The van der Waals surface area contributed by atoms with Crippen LogP contribution in [0.25, 0.3) is 0 Å². The molecule has 21 heavy (non-hydrogen) atoms. The second kappa shape index (κ2) is 6.90. The minimum absolute atomic E-state index is 0.186. The Labute approximate surface area is 128 Å². The highest BCUT2D eigenvalue weighted by atomic mass is 32.2. The third kappa shape index (κ3) is 4.80. The zero-order chi connectivity index (χ0) is 15.5. The van der Waals surface area contributed by atoms with Crippen LogP contribution >= 0.6 is 0 Å². The summed E-state index contributed by atoms with van der Waals surface area (Å²) in [6.07, 6.45) is 5.03. The summed E-state index contributed by atoms with van der Waals surface area (Å²) < 4.78 is 22.7. The largest absolute Gasteiger partial charge is 0.310 e. The number of benzene rings is 1. The summed E-state index contributed by atoms with van der Waals surface area (Å²) >= 11 is 0. The molecule has 0 saturated heterocycles. The molecular formula is C16H26N2O2S. The monoisotopic (exact) mass is 310 g/mol. The van der Waals surface area contributed by atoms with Crippen LogP contribution in [0.1, 0.15) is 45.1 Å². The van der Waals surface area contributed by atoms with Gasteiger partial charge in [-0.15, -0.1) is 0 Å². The van der Waals surface area contributed by atoms with Crippen molar-refractivity contribution < 1.29 is 8.42 Å². The number of nitrogens with two attached hydrogens (primary N) is 1. The van der Waals surface area contributed by atoms with E-state index < -0.39 is 10.0 Å². The van der Waals surface area contributed by atoms with Gasteiger partial charge in [0.15, 0.2) is 0 Å². The maximum atomic E-state index is 11.4. The van der Waals surface area contributed by atoms with Crippen LogP contribution in [0.4, 0.5) is 0 Å². The maximum Gasteiger partial charge on any atom is 0.238 e. The standard InChI is InChI=1S/C16H26N2O2S/c1-12(2)14-6-4-7-15(10-14)18-11-13-5-3-8-16(9-13)21(17,19)20/h3,5,8-9,12,14-15,18H,4,6-7,10-11H2,1-2H3,(H2,17,19,20). The molecule has 1 fully saturated rings. The molecule has 0 spiro atoms. The lowest BCUT2D eigenvalue weighted by atomic mass is 9.79. The van der Waals surface area contributed by atoms with Gasteiger partial charge in [-0.25, -0.2) is 13.6 Å². The first-order valence-electron chi connectivity index (χ1n) is 7.71. The van der Waals surface area contributed by atoms with E-state index in [0.717, 1.165) is 17.4 Å². The van der Waals surface area contributed by atoms with E-state index in [1.807, 2.05) is 6.07 Å². The third-order valence-electron chi connectivity index (χ3n) is 4.48. The van der Waals surface area contributed by atoms with Crippen molar-refractivity contribution in [2.75, 3.05) is 0 Å². The number of nitrogens with one attached hydrogen (secondary N) is 1. The van der Waals surface area contributed by atoms with Crippen molar-refractivity contribution >= 4 is 10.0 Å². The van der Waals surface area contributed by atoms with Crippen LogP contribution < -0.4 is 10.5 Å². The highest BCUT2D eigenvalue weighted by Gasteiger charge is 2.23. The first-order valence-corrected chi connectivity index (χ1v) is 9.26. The Hall–Kier alpha value is -0.910. The third-order valence-corrected chi connectivity index (χ3v) is 5.39. The van der Waals surface area contributed by atoms with Gasteiger partial charge in [-0.05, 0) is 42.4 Å². The van der Waals surface area contributed by atoms with Gasteiger partial charge in [0, 0.05) is 12.6 Å². The average Bonchev–Trinajstić information content (AvgIpc) is 2.45. The normalized spacial score (nSPS) is 23.4. The van der Waals surface area contributed by atoms with Gasteiger partial charge in [-0.3, -0.25) is 0 Å². The first kappa shape index (κ1) is 16.5. The van der Waals surface area contributed by atoms with Crippen LogP contribution in [-0.2, 0) is 16.6 Å². The summed E-state index contributed by atoms with van der Waals surface area (Å²) in [6, 6.07) is 7.41. The van der Waals surface area contributed by atoms with Gasteiger partial charge in [0.2, 0.25) is 10.0 Å². The molecule has 0 radical (unpaired) electrons. The van der Waals surface area contributed by atoms with Crippen LogP contribution in [0.15, 0.2) is 29.2 Å². The van der Waals surface area contributed by atoms with E-state index in [1.54, 1.807) is 12.1 Å². The van der Waals surface area contributed by atoms with Crippen LogP contribution in [0.5, 0.6) is 0 Å². The van der Waals surface area contributed by atoms with Crippen molar-refractivity contribution in [3.05, 3.63) is 29.8 Å². The summed E-state index contributed by atoms with van der Waals surface area (Å²) in [5.74, 6) is 1.53. The minimum atomic E-state index is -3.62. The van der Waals surface area contributed by atoms with Gasteiger partial charge in [-0.2, -0.15) is 0 Å². The van der Waals surface area contributed by atoms with E-state index in [1.165, 1.54) is 31.7 Å². The van der Waals surface area contributed by atoms with E-state index in [4.69, 9.17) is 5.14 Å². The van der Waals surface area contributed by atoms with Crippen molar-refractivity contribution in [2.24, 2.45) is 17.0 Å². The fourth-order valence-electron chi connectivity index (χ4n) is 3.11. The fourth-order valence-corrected chi connectivity index (χ4v) is 3.70. The van der Waals surface area contributed by atoms with Crippen molar-refractivity contribution in [1.29, 1.82) is 0 Å². The predicted octanol–water partition coefficient (Wildman–Crippen LogP) is 2.64. The summed E-state index contributed by atoms with van der Waals surface area (Å²) in [6.45, 7) is 5.28. The zero-order valence-electron chi connectivity index (χ0n) is 12.9. The average molecular weight is 310 g/mol. The summed E-state index contributed by atoms with van der Waals surface area (Å²) in [4.78, 5) is 0.186. The Balaban J connectivity index is 1.94. The lowest BCUT2D eigenvalue weighted by Gasteiger charge is -2.32. The molecular weight excluding hydrogens is 284 g/mol. The number of hydrogen-bond acceptors (Lipinski definition) is 3. The Morgan fingerprint density at radius 1 is 1.33 bits per heavy atom. The topological polar surface area (TPSA) is 72.2 Å². The molecule has 1 saturated carbocycles. The zero-order valence-corrected chi connectivity index (χ0v) is 13.7. The van der Waals surface area contributed by atoms with E-state index in [0.29, 0.717) is 12.6 Å².